The number of rotatable bonds is 8. The summed E-state index contributed by atoms with van der Waals surface area (Å²) in [6.07, 6.45) is -3.02. The molecule has 1 aromatic heterocycles. The summed E-state index contributed by atoms with van der Waals surface area (Å²) in [7, 11) is 0. The molecule has 2 amide bonds. The van der Waals surface area contributed by atoms with Gasteiger partial charge in [0.15, 0.2) is 11.0 Å². The van der Waals surface area contributed by atoms with Gasteiger partial charge in [0.1, 0.15) is 18.2 Å². The van der Waals surface area contributed by atoms with Crippen LogP contribution in [0.2, 0.25) is 0 Å². The molecule has 0 bridgehead atoms. The van der Waals surface area contributed by atoms with Crippen LogP contribution < -0.4 is 15.0 Å². The maximum Gasteiger partial charge on any atom is 0.573 e. The van der Waals surface area contributed by atoms with Crippen LogP contribution in [-0.4, -0.2) is 50.7 Å². The second-order valence-electron chi connectivity index (χ2n) is 10.1. The molecule has 0 saturated carbocycles. The van der Waals surface area contributed by atoms with E-state index in [9.17, 15) is 18.0 Å². The van der Waals surface area contributed by atoms with Gasteiger partial charge in [-0.25, -0.2) is 18.9 Å². The van der Waals surface area contributed by atoms with Gasteiger partial charge in [0.05, 0.1) is 12.2 Å². The highest BCUT2D eigenvalue weighted by atomic mass is 32.2. The molecule has 1 aliphatic rings. The molecule has 4 aromatic rings. The van der Waals surface area contributed by atoms with E-state index in [2.05, 4.69) is 49.9 Å². The topological polar surface area (TPSA) is 84.6 Å². The van der Waals surface area contributed by atoms with Crippen molar-refractivity contribution >= 4 is 28.6 Å². The predicted molar refractivity (Wildman–Crippen MR) is 163 cm³/mol. The second-order valence-corrected chi connectivity index (χ2v) is 11.1. The molecule has 1 fully saturated rings. The maximum absolute atomic E-state index is 15.1. The number of alkyl halides is 4. The van der Waals surface area contributed by atoms with Crippen molar-refractivity contribution in [3.63, 3.8) is 0 Å². The smallest absolute Gasteiger partial charge is 0.406 e. The van der Waals surface area contributed by atoms with Gasteiger partial charge in [0.25, 0.3) is 0 Å². The van der Waals surface area contributed by atoms with E-state index in [0.29, 0.717) is 27.8 Å². The van der Waals surface area contributed by atoms with Crippen LogP contribution in [0.1, 0.15) is 37.6 Å². The van der Waals surface area contributed by atoms with Crippen LogP contribution in [0.25, 0.3) is 17.1 Å². The molecule has 2 unspecified atom stereocenters. The van der Waals surface area contributed by atoms with E-state index >= 15 is 4.39 Å². The number of benzene rings is 3. The van der Waals surface area contributed by atoms with E-state index < -0.39 is 18.6 Å². The largest absolute Gasteiger partial charge is 0.573 e. The zero-order valence-corrected chi connectivity index (χ0v) is 24.8. The number of aryl methyl sites for hydroxylation is 1. The van der Waals surface area contributed by atoms with E-state index in [1.165, 1.54) is 47.0 Å². The number of carbonyl (C=O) groups excluding carboxylic acids is 1. The van der Waals surface area contributed by atoms with Gasteiger partial charge >= 0.3 is 12.4 Å². The highest BCUT2D eigenvalue weighted by Gasteiger charge is 2.31. The molecule has 2 heterocycles. The van der Waals surface area contributed by atoms with Crippen LogP contribution in [0.5, 0.6) is 5.75 Å². The quantitative estimate of drug-likeness (QED) is 0.204. The van der Waals surface area contributed by atoms with Crippen molar-refractivity contribution in [1.29, 1.82) is 0 Å². The van der Waals surface area contributed by atoms with Gasteiger partial charge in [0, 0.05) is 23.0 Å². The minimum absolute atomic E-state index is 0.169. The average Bonchev–Trinajstić information content (AvgIpc) is 3.50. The summed E-state index contributed by atoms with van der Waals surface area (Å²) in [5.41, 5.74) is 3.65. The molecule has 230 valence electrons. The highest BCUT2D eigenvalue weighted by molar-refractivity contribution is 8.14. The molecular formula is C31H30F4N6O2S. The fraction of sp³-hybridized carbons (Fsp3) is 0.290. The van der Waals surface area contributed by atoms with E-state index in [-0.39, 0.29) is 18.3 Å². The van der Waals surface area contributed by atoms with Gasteiger partial charge in [-0.1, -0.05) is 61.2 Å². The van der Waals surface area contributed by atoms with Crippen molar-refractivity contribution in [3.05, 3.63) is 90.3 Å². The highest BCUT2D eigenvalue weighted by Crippen LogP contribution is 2.32. The number of nitrogens with zero attached hydrogens (tertiary/aromatic N) is 5. The van der Waals surface area contributed by atoms with E-state index in [1.807, 2.05) is 18.2 Å². The number of aromatic nitrogens is 3. The number of amides is 2. The standard InChI is InChI=1S/C31H30F4N6O2S/c1-3-21-6-4-5-7-27(21)41-20(2)16-17-44-30(41)38-29(42)36-18-26(32)22-8-10-23(11-9-22)28-37-19-40(39-28)24-12-14-25(15-13-24)43-31(33,34)35/h4-15,19-20,26H,3,16-18H2,1-2H3,(H,36,42). The normalized spacial score (nSPS) is 17.0. The Hall–Kier alpha value is -4.39. The number of nitrogens with one attached hydrogen (secondary N) is 1. The Kier molecular flexibility index (Phi) is 9.52. The van der Waals surface area contributed by atoms with Gasteiger partial charge in [-0.2, -0.15) is 4.99 Å². The lowest BCUT2D eigenvalue weighted by Gasteiger charge is -2.36. The monoisotopic (exact) mass is 626 g/mol. The summed E-state index contributed by atoms with van der Waals surface area (Å²) in [6, 6.07) is 19.3. The number of hydrogen-bond donors (Lipinski definition) is 1. The summed E-state index contributed by atoms with van der Waals surface area (Å²) in [5, 5.41) is 7.54. The van der Waals surface area contributed by atoms with Crippen molar-refractivity contribution in [2.75, 3.05) is 17.2 Å². The van der Waals surface area contributed by atoms with Gasteiger partial charge in [0.2, 0.25) is 0 Å². The van der Waals surface area contributed by atoms with E-state index in [4.69, 9.17) is 0 Å². The zero-order chi connectivity index (χ0) is 31.3. The van der Waals surface area contributed by atoms with E-state index in [1.54, 1.807) is 24.3 Å². The first-order valence-electron chi connectivity index (χ1n) is 14.0. The predicted octanol–water partition coefficient (Wildman–Crippen LogP) is 7.50. The number of thioether (sulfide) groups is 1. The van der Waals surface area contributed by atoms with Crippen molar-refractivity contribution < 1.29 is 27.1 Å². The number of anilines is 1. The number of hydrogen-bond acceptors (Lipinski definition) is 5. The van der Waals surface area contributed by atoms with Crippen molar-refractivity contribution in [3.8, 4) is 22.8 Å². The molecule has 13 heteroatoms. The SMILES string of the molecule is CCc1ccccc1N1C(=NC(=O)NCC(F)c2ccc(-c3ncn(-c4ccc(OC(F)(F)F)cc4)n3)cc2)SCCC1C. The number of para-hydroxylation sites is 1. The van der Waals surface area contributed by atoms with Crippen LogP contribution in [-0.2, 0) is 6.42 Å². The molecular weight excluding hydrogens is 596 g/mol. The Bertz CT molecular complexity index is 1610. The van der Waals surface area contributed by atoms with Crippen LogP contribution in [0.15, 0.2) is 84.1 Å². The maximum atomic E-state index is 15.1. The van der Waals surface area contributed by atoms with E-state index in [0.717, 1.165) is 29.8 Å². The average molecular weight is 627 g/mol. The fourth-order valence-electron chi connectivity index (χ4n) is 4.76. The van der Waals surface area contributed by atoms with Gasteiger partial charge < -0.3 is 15.0 Å². The van der Waals surface area contributed by atoms with Crippen LogP contribution in [0.4, 0.5) is 28.0 Å². The first kappa shape index (κ1) is 31.0. The number of halogens is 4. The first-order valence-corrected chi connectivity index (χ1v) is 15.0. The molecule has 0 aliphatic carbocycles. The third-order valence-electron chi connectivity index (χ3n) is 7.03. The third kappa shape index (κ3) is 7.57. The zero-order valence-electron chi connectivity index (χ0n) is 24.0. The molecule has 1 N–H and O–H groups in total. The summed E-state index contributed by atoms with van der Waals surface area (Å²) in [5.74, 6) is 0.843. The van der Waals surface area contributed by atoms with Crippen LogP contribution in [0.3, 0.4) is 0 Å². The summed E-state index contributed by atoms with van der Waals surface area (Å²) >= 11 is 1.51. The Labute approximate surface area is 256 Å². The molecule has 1 aliphatic heterocycles. The summed E-state index contributed by atoms with van der Waals surface area (Å²) in [6.45, 7) is 3.95. The van der Waals surface area contributed by atoms with Crippen molar-refractivity contribution in [2.24, 2.45) is 4.99 Å². The Balaban J connectivity index is 1.20. The molecule has 3 aromatic carbocycles. The molecule has 8 nitrogen and oxygen atoms in total. The minimum Gasteiger partial charge on any atom is -0.406 e. The van der Waals surface area contributed by atoms with Crippen LogP contribution in [0, 0.1) is 0 Å². The molecule has 5 rings (SSSR count). The lowest BCUT2D eigenvalue weighted by molar-refractivity contribution is -0.274. The van der Waals surface area contributed by atoms with Crippen molar-refractivity contribution in [1.82, 2.24) is 20.1 Å². The lowest BCUT2D eigenvalue weighted by atomic mass is 10.1. The summed E-state index contributed by atoms with van der Waals surface area (Å²) in [4.78, 5) is 23.4. The number of ether oxygens (including phenoxy) is 1. The summed E-state index contributed by atoms with van der Waals surface area (Å²) < 4.78 is 57.6. The number of carbonyl (C=O) groups is 1. The number of aliphatic imine (C=N–C) groups is 1. The Morgan fingerprint density at radius 3 is 2.55 bits per heavy atom. The third-order valence-corrected chi connectivity index (χ3v) is 8.02. The Morgan fingerprint density at radius 2 is 1.84 bits per heavy atom. The molecule has 44 heavy (non-hydrogen) atoms. The Morgan fingerprint density at radius 1 is 1.11 bits per heavy atom. The second kappa shape index (κ2) is 13.5. The molecule has 0 radical (unpaired) electrons. The van der Waals surface area contributed by atoms with Gasteiger partial charge in [-0.15, -0.1) is 18.3 Å². The molecule has 2 atom stereocenters. The molecule has 0 spiro atoms. The number of urea groups is 1. The molecule has 1 saturated heterocycles. The van der Waals surface area contributed by atoms with Crippen LogP contribution >= 0.6 is 11.8 Å². The minimum atomic E-state index is -4.77. The van der Waals surface area contributed by atoms with Gasteiger partial charge in [-0.3, -0.25) is 0 Å². The van der Waals surface area contributed by atoms with Gasteiger partial charge in [-0.05, 0) is 61.2 Å². The lowest BCUT2D eigenvalue weighted by Crippen LogP contribution is -2.42. The first-order chi connectivity index (χ1) is 21.1. The number of amidine groups is 1. The van der Waals surface area contributed by atoms with Crippen molar-refractivity contribution in [2.45, 2.75) is 45.3 Å². The fourth-order valence-corrected chi connectivity index (χ4v) is 5.97.